The number of aliphatic hydroxyl groups excluding tert-OH is 2. The second-order valence-electron chi connectivity index (χ2n) is 3.01. The minimum absolute atomic E-state index is 0.0259. The fourth-order valence-electron chi connectivity index (χ4n) is 1.13. The predicted octanol–water partition coefficient (Wildman–Crippen LogP) is 0.0209. The minimum Gasteiger partial charge on any atom is -0.389 e. The van der Waals surface area contributed by atoms with E-state index in [1.807, 2.05) is 0 Å². The predicted molar refractivity (Wildman–Crippen MR) is 54.4 cm³/mol. The molecule has 0 radical (unpaired) electrons. The summed E-state index contributed by atoms with van der Waals surface area (Å²) in [6.45, 7) is 0.0259. The van der Waals surface area contributed by atoms with Gasteiger partial charge in [0.1, 0.15) is 6.10 Å². The van der Waals surface area contributed by atoms with Crippen LogP contribution in [0.5, 0.6) is 0 Å². The van der Waals surface area contributed by atoms with Gasteiger partial charge in [-0.1, -0.05) is 18.1 Å². The van der Waals surface area contributed by atoms with Crippen LogP contribution in [0.3, 0.4) is 0 Å². The van der Waals surface area contributed by atoms with Crippen LogP contribution in [0, 0.1) is 12.3 Å². The van der Waals surface area contributed by atoms with Crippen molar-refractivity contribution in [1.29, 1.82) is 0 Å². The molecule has 1 rings (SSSR count). The third-order valence-electron chi connectivity index (χ3n) is 2.02. The fraction of sp³-hybridized carbons (Fsp3) is 0.273. The van der Waals surface area contributed by atoms with E-state index in [4.69, 9.17) is 12.2 Å². The first-order valence-electron chi connectivity index (χ1n) is 4.31. The van der Waals surface area contributed by atoms with Crippen molar-refractivity contribution in [1.82, 2.24) is 0 Å². The Morgan fingerprint density at radius 2 is 1.86 bits per heavy atom. The van der Waals surface area contributed by atoms with Crippen LogP contribution in [0.1, 0.15) is 17.2 Å². The molecule has 0 spiro atoms. The summed E-state index contributed by atoms with van der Waals surface area (Å²) in [5.74, 6) is 2.47. The molecule has 3 nitrogen and oxygen atoms in total. The molecule has 2 unspecified atom stereocenters. The average Bonchev–Trinajstić information content (AvgIpc) is 2.27. The maximum absolute atomic E-state index is 9.57. The SMILES string of the molecule is C#Cc1ccc(C(O)C(O)CN)cc1. The fourth-order valence-corrected chi connectivity index (χ4v) is 1.13. The van der Waals surface area contributed by atoms with Gasteiger partial charge >= 0.3 is 0 Å². The Morgan fingerprint density at radius 1 is 1.29 bits per heavy atom. The first-order valence-corrected chi connectivity index (χ1v) is 4.31. The van der Waals surface area contributed by atoms with Crippen LogP contribution in [0.2, 0.25) is 0 Å². The van der Waals surface area contributed by atoms with Crippen LogP contribution >= 0.6 is 0 Å². The minimum atomic E-state index is -0.952. The number of benzene rings is 1. The van der Waals surface area contributed by atoms with Gasteiger partial charge in [0.25, 0.3) is 0 Å². The zero-order valence-corrected chi connectivity index (χ0v) is 7.72. The molecule has 1 aromatic carbocycles. The number of terminal acetylenes is 1. The molecule has 14 heavy (non-hydrogen) atoms. The Labute approximate surface area is 83.2 Å². The summed E-state index contributed by atoms with van der Waals surface area (Å²) in [5, 5.41) is 18.9. The molecule has 0 aromatic heterocycles. The molecule has 0 saturated carbocycles. The molecule has 4 N–H and O–H groups in total. The van der Waals surface area contributed by atoms with Crippen LogP contribution in [0.15, 0.2) is 24.3 Å². The summed E-state index contributed by atoms with van der Waals surface area (Å²) >= 11 is 0. The maximum Gasteiger partial charge on any atom is 0.106 e. The lowest BCUT2D eigenvalue weighted by molar-refractivity contribution is 0.0243. The molecular weight excluding hydrogens is 178 g/mol. The molecule has 0 bridgehead atoms. The van der Waals surface area contributed by atoms with E-state index in [-0.39, 0.29) is 6.54 Å². The summed E-state index contributed by atoms with van der Waals surface area (Å²) in [6, 6.07) is 6.78. The number of aliphatic hydroxyl groups is 2. The van der Waals surface area contributed by atoms with Crippen molar-refractivity contribution >= 4 is 0 Å². The Balaban J connectivity index is 2.82. The van der Waals surface area contributed by atoms with Gasteiger partial charge in [0.15, 0.2) is 0 Å². The Kier molecular flexibility index (Phi) is 3.66. The van der Waals surface area contributed by atoms with Crippen LogP contribution in [0.25, 0.3) is 0 Å². The number of nitrogens with two attached hydrogens (primary N) is 1. The van der Waals surface area contributed by atoms with Gasteiger partial charge in [0, 0.05) is 12.1 Å². The zero-order valence-electron chi connectivity index (χ0n) is 7.72. The Morgan fingerprint density at radius 3 is 2.29 bits per heavy atom. The van der Waals surface area contributed by atoms with Gasteiger partial charge in [0.05, 0.1) is 6.10 Å². The lowest BCUT2D eigenvalue weighted by Crippen LogP contribution is -2.27. The van der Waals surface area contributed by atoms with Crippen molar-refractivity contribution in [3.05, 3.63) is 35.4 Å². The van der Waals surface area contributed by atoms with Crippen LogP contribution in [0.4, 0.5) is 0 Å². The molecule has 2 atom stereocenters. The number of hydrogen-bond donors (Lipinski definition) is 3. The summed E-state index contributed by atoms with van der Waals surface area (Å²) < 4.78 is 0. The van der Waals surface area contributed by atoms with Gasteiger partial charge in [-0.05, 0) is 17.7 Å². The van der Waals surface area contributed by atoms with Crippen LogP contribution < -0.4 is 5.73 Å². The van der Waals surface area contributed by atoms with Crippen molar-refractivity contribution in [3.8, 4) is 12.3 Å². The molecule has 0 fully saturated rings. The van der Waals surface area contributed by atoms with Crippen molar-refractivity contribution in [2.24, 2.45) is 5.73 Å². The highest BCUT2D eigenvalue weighted by Crippen LogP contribution is 2.16. The smallest absolute Gasteiger partial charge is 0.106 e. The summed E-state index contributed by atoms with van der Waals surface area (Å²) in [5.41, 5.74) is 6.58. The zero-order chi connectivity index (χ0) is 10.6. The third-order valence-corrected chi connectivity index (χ3v) is 2.02. The molecule has 0 amide bonds. The molecule has 0 heterocycles. The lowest BCUT2D eigenvalue weighted by atomic mass is 10.0. The van der Waals surface area contributed by atoms with E-state index in [1.165, 1.54) is 0 Å². The summed E-state index contributed by atoms with van der Waals surface area (Å²) in [6.07, 6.45) is 3.29. The van der Waals surface area contributed by atoms with Gasteiger partial charge in [-0.2, -0.15) is 0 Å². The van der Waals surface area contributed by atoms with Gasteiger partial charge < -0.3 is 15.9 Å². The molecule has 74 valence electrons. The van der Waals surface area contributed by atoms with Crippen LogP contribution in [-0.4, -0.2) is 22.9 Å². The molecule has 0 saturated heterocycles. The van der Waals surface area contributed by atoms with Gasteiger partial charge in [-0.3, -0.25) is 0 Å². The summed E-state index contributed by atoms with van der Waals surface area (Å²) in [7, 11) is 0. The van der Waals surface area contributed by atoms with Gasteiger partial charge in [-0.15, -0.1) is 6.42 Å². The lowest BCUT2D eigenvalue weighted by Gasteiger charge is -2.16. The van der Waals surface area contributed by atoms with E-state index >= 15 is 0 Å². The Bertz CT molecular complexity index is 326. The average molecular weight is 191 g/mol. The standard InChI is InChI=1S/C11H13NO2/c1-2-8-3-5-9(6-4-8)11(14)10(13)7-12/h1,3-6,10-11,13-14H,7,12H2. The highest BCUT2D eigenvalue weighted by atomic mass is 16.3. The monoisotopic (exact) mass is 191 g/mol. The van der Waals surface area contributed by atoms with Crippen molar-refractivity contribution in [2.45, 2.75) is 12.2 Å². The topological polar surface area (TPSA) is 66.5 Å². The first kappa shape index (κ1) is 10.7. The van der Waals surface area contributed by atoms with Crippen molar-refractivity contribution in [2.75, 3.05) is 6.54 Å². The molecule has 3 heteroatoms. The summed E-state index contributed by atoms with van der Waals surface area (Å²) in [4.78, 5) is 0. The molecule has 0 aliphatic carbocycles. The molecule has 0 aliphatic rings. The quantitative estimate of drug-likeness (QED) is 0.590. The largest absolute Gasteiger partial charge is 0.389 e. The second-order valence-corrected chi connectivity index (χ2v) is 3.01. The van der Waals surface area contributed by atoms with E-state index in [0.29, 0.717) is 5.56 Å². The molecule has 0 aliphatic heterocycles. The van der Waals surface area contributed by atoms with E-state index in [0.717, 1.165) is 5.56 Å². The molecule has 1 aromatic rings. The molecular formula is C11H13NO2. The van der Waals surface area contributed by atoms with E-state index < -0.39 is 12.2 Å². The van der Waals surface area contributed by atoms with E-state index in [9.17, 15) is 10.2 Å². The highest BCUT2D eigenvalue weighted by molar-refractivity contribution is 5.35. The van der Waals surface area contributed by atoms with Crippen molar-refractivity contribution in [3.63, 3.8) is 0 Å². The maximum atomic E-state index is 9.57. The van der Waals surface area contributed by atoms with Crippen LogP contribution in [-0.2, 0) is 0 Å². The Hall–Kier alpha value is -1.34. The number of hydrogen-bond acceptors (Lipinski definition) is 3. The first-order chi connectivity index (χ1) is 6.69. The van der Waals surface area contributed by atoms with E-state index in [1.54, 1.807) is 24.3 Å². The number of rotatable bonds is 3. The van der Waals surface area contributed by atoms with Gasteiger partial charge in [0.2, 0.25) is 0 Å². The van der Waals surface area contributed by atoms with Crippen molar-refractivity contribution < 1.29 is 10.2 Å². The second kappa shape index (κ2) is 4.77. The highest BCUT2D eigenvalue weighted by Gasteiger charge is 2.15. The normalized spacial score (nSPS) is 14.4. The van der Waals surface area contributed by atoms with E-state index in [2.05, 4.69) is 5.92 Å². The third kappa shape index (κ3) is 2.33. The van der Waals surface area contributed by atoms with Gasteiger partial charge in [-0.25, -0.2) is 0 Å².